The molecule has 0 aromatic rings. The standard InChI is InChI=1S/C10H14O4/c1-7(2)5-8(6-11)3-4-9(12)10(13)14/h3-4,6-7,11H,5H2,1-2H3,(H,13,14)/p-1. The minimum Gasteiger partial charge on any atom is -0.878 e. The van der Waals surface area contributed by atoms with Crippen molar-refractivity contribution in [2.75, 3.05) is 0 Å². The van der Waals surface area contributed by atoms with Crippen molar-refractivity contribution in [1.29, 1.82) is 0 Å². The summed E-state index contributed by atoms with van der Waals surface area (Å²) in [6.45, 7) is 3.85. The largest absolute Gasteiger partial charge is 0.878 e. The first-order valence-electron chi connectivity index (χ1n) is 4.23. The van der Waals surface area contributed by atoms with Gasteiger partial charge in [0.1, 0.15) is 0 Å². The van der Waals surface area contributed by atoms with Crippen molar-refractivity contribution in [3.05, 3.63) is 24.0 Å². The first-order valence-corrected chi connectivity index (χ1v) is 4.23. The van der Waals surface area contributed by atoms with Crippen LogP contribution in [0.1, 0.15) is 20.3 Å². The molecule has 0 saturated heterocycles. The van der Waals surface area contributed by atoms with Crippen LogP contribution in [0, 0.1) is 5.92 Å². The molecule has 4 nitrogen and oxygen atoms in total. The Morgan fingerprint density at radius 2 is 1.93 bits per heavy atom. The summed E-state index contributed by atoms with van der Waals surface area (Å²) in [5.41, 5.74) is 0.426. The lowest BCUT2D eigenvalue weighted by molar-refractivity contribution is -0.276. The lowest BCUT2D eigenvalue weighted by Crippen LogP contribution is -2.08. The molecule has 0 saturated carbocycles. The van der Waals surface area contributed by atoms with Crippen LogP contribution >= 0.6 is 0 Å². The van der Waals surface area contributed by atoms with Crippen LogP contribution in [-0.2, 0) is 9.59 Å². The molecule has 0 heterocycles. The van der Waals surface area contributed by atoms with Crippen molar-refractivity contribution in [2.45, 2.75) is 20.3 Å². The lowest BCUT2D eigenvalue weighted by Gasteiger charge is -2.07. The summed E-state index contributed by atoms with van der Waals surface area (Å²) < 4.78 is 0. The molecule has 0 bridgehead atoms. The van der Waals surface area contributed by atoms with Gasteiger partial charge in [0.05, 0.1) is 0 Å². The molecular formula is C10H13O4-. The van der Waals surface area contributed by atoms with Crippen molar-refractivity contribution in [3.8, 4) is 0 Å². The summed E-state index contributed by atoms with van der Waals surface area (Å²) in [4.78, 5) is 20.8. The molecule has 0 aliphatic heterocycles. The smallest absolute Gasteiger partial charge is 0.376 e. The highest BCUT2D eigenvalue weighted by atomic mass is 16.4. The Hall–Kier alpha value is -1.58. The van der Waals surface area contributed by atoms with Gasteiger partial charge in [0.2, 0.25) is 0 Å². The third-order valence-corrected chi connectivity index (χ3v) is 1.45. The van der Waals surface area contributed by atoms with E-state index < -0.39 is 11.8 Å². The summed E-state index contributed by atoms with van der Waals surface area (Å²) in [5, 5.41) is 18.7. The third-order valence-electron chi connectivity index (χ3n) is 1.45. The van der Waals surface area contributed by atoms with Crippen LogP contribution in [0.5, 0.6) is 0 Å². The number of hydrogen-bond acceptors (Lipinski definition) is 3. The van der Waals surface area contributed by atoms with Crippen LogP contribution in [-0.4, -0.2) is 16.9 Å². The second kappa shape index (κ2) is 5.96. The molecule has 0 unspecified atom stereocenters. The Bertz CT molecular complexity index is 274. The van der Waals surface area contributed by atoms with Crippen molar-refractivity contribution in [1.82, 2.24) is 0 Å². The molecule has 4 heteroatoms. The van der Waals surface area contributed by atoms with Gasteiger partial charge in [-0.25, -0.2) is 4.79 Å². The Labute approximate surface area is 82.6 Å². The second-order valence-corrected chi connectivity index (χ2v) is 3.29. The Morgan fingerprint density at radius 3 is 2.29 bits per heavy atom. The van der Waals surface area contributed by atoms with E-state index in [4.69, 9.17) is 5.11 Å². The van der Waals surface area contributed by atoms with Crippen molar-refractivity contribution in [3.63, 3.8) is 0 Å². The predicted molar refractivity (Wildman–Crippen MR) is 49.3 cm³/mol. The first kappa shape index (κ1) is 12.4. The zero-order chi connectivity index (χ0) is 11.1. The maximum absolute atomic E-state index is 10.6. The molecule has 0 amide bonds. The fraction of sp³-hybridized carbons (Fsp3) is 0.400. The third kappa shape index (κ3) is 5.13. The number of carbonyl (C=O) groups excluding carboxylic acids is 1. The molecule has 0 aromatic heterocycles. The zero-order valence-electron chi connectivity index (χ0n) is 8.19. The molecular weight excluding hydrogens is 184 g/mol. The van der Waals surface area contributed by atoms with Gasteiger partial charge in [-0.15, -0.1) is 6.26 Å². The molecule has 0 rings (SSSR count). The van der Waals surface area contributed by atoms with Gasteiger partial charge in [0.25, 0.3) is 5.78 Å². The SMILES string of the molecule is CC(C)CC(C=CC(=O)C(=O)O)=C[O-]. The quantitative estimate of drug-likeness (QED) is 0.301. The van der Waals surface area contributed by atoms with Crippen LogP contribution in [0.25, 0.3) is 0 Å². The summed E-state index contributed by atoms with van der Waals surface area (Å²) >= 11 is 0. The molecule has 0 fully saturated rings. The molecule has 0 aromatic carbocycles. The normalized spacial score (nSPS) is 12.4. The van der Waals surface area contributed by atoms with Crippen LogP contribution < -0.4 is 5.11 Å². The summed E-state index contributed by atoms with van der Waals surface area (Å²) in [7, 11) is 0. The predicted octanol–water partition coefficient (Wildman–Crippen LogP) is 0.487. The van der Waals surface area contributed by atoms with Gasteiger partial charge in [-0.1, -0.05) is 25.5 Å². The van der Waals surface area contributed by atoms with Gasteiger partial charge < -0.3 is 10.2 Å². The number of carbonyl (C=O) groups is 2. The average Bonchev–Trinajstić information content (AvgIpc) is 2.10. The first-order chi connectivity index (χ1) is 6.47. The number of allylic oxidation sites excluding steroid dienone is 2. The highest BCUT2D eigenvalue weighted by Crippen LogP contribution is 2.10. The second-order valence-electron chi connectivity index (χ2n) is 3.29. The number of hydrogen-bond donors (Lipinski definition) is 1. The van der Waals surface area contributed by atoms with E-state index in [9.17, 15) is 14.7 Å². The Balaban J connectivity index is 4.33. The highest BCUT2D eigenvalue weighted by Gasteiger charge is 2.05. The molecule has 78 valence electrons. The molecule has 0 aliphatic rings. The maximum Gasteiger partial charge on any atom is 0.376 e. The van der Waals surface area contributed by atoms with Crippen LogP contribution in [0.4, 0.5) is 0 Å². The summed E-state index contributed by atoms with van der Waals surface area (Å²) in [6, 6.07) is 0. The van der Waals surface area contributed by atoms with Gasteiger partial charge in [0.15, 0.2) is 0 Å². The van der Waals surface area contributed by atoms with Gasteiger partial charge >= 0.3 is 5.97 Å². The van der Waals surface area contributed by atoms with Gasteiger partial charge in [-0.2, -0.15) is 0 Å². The van der Waals surface area contributed by atoms with E-state index >= 15 is 0 Å². The summed E-state index contributed by atoms with van der Waals surface area (Å²) in [6.07, 6.45) is 3.32. The van der Waals surface area contributed by atoms with E-state index in [0.717, 1.165) is 6.08 Å². The van der Waals surface area contributed by atoms with E-state index in [2.05, 4.69) is 0 Å². The van der Waals surface area contributed by atoms with Crippen LogP contribution in [0.2, 0.25) is 0 Å². The fourth-order valence-corrected chi connectivity index (χ4v) is 0.881. The van der Waals surface area contributed by atoms with Gasteiger partial charge in [-0.3, -0.25) is 4.79 Å². The van der Waals surface area contributed by atoms with E-state index in [1.165, 1.54) is 6.08 Å². The maximum atomic E-state index is 10.6. The average molecular weight is 197 g/mol. The van der Waals surface area contributed by atoms with Crippen LogP contribution in [0.3, 0.4) is 0 Å². The molecule has 0 radical (unpaired) electrons. The molecule has 0 atom stereocenters. The van der Waals surface area contributed by atoms with E-state index in [1.54, 1.807) is 0 Å². The van der Waals surface area contributed by atoms with E-state index in [0.29, 0.717) is 24.2 Å². The van der Waals surface area contributed by atoms with Gasteiger partial charge in [-0.05, 0) is 18.4 Å². The minimum atomic E-state index is -1.52. The number of carboxylic acid groups (broad SMARTS) is 1. The topological polar surface area (TPSA) is 77.4 Å². The van der Waals surface area contributed by atoms with Crippen molar-refractivity contribution in [2.24, 2.45) is 5.92 Å². The highest BCUT2D eigenvalue weighted by molar-refractivity contribution is 6.37. The van der Waals surface area contributed by atoms with Crippen LogP contribution in [0.15, 0.2) is 24.0 Å². The number of rotatable bonds is 5. The molecule has 14 heavy (non-hydrogen) atoms. The van der Waals surface area contributed by atoms with E-state index in [-0.39, 0.29) is 0 Å². The summed E-state index contributed by atoms with van der Waals surface area (Å²) in [5.74, 6) is -2.25. The van der Waals surface area contributed by atoms with E-state index in [1.807, 2.05) is 13.8 Å². The molecule has 1 N–H and O–H groups in total. The zero-order valence-corrected chi connectivity index (χ0v) is 8.19. The molecule has 0 aliphatic carbocycles. The lowest BCUT2D eigenvalue weighted by atomic mass is 10.0. The van der Waals surface area contributed by atoms with Crippen molar-refractivity contribution < 1.29 is 19.8 Å². The fourth-order valence-electron chi connectivity index (χ4n) is 0.881. The minimum absolute atomic E-state index is 0.291. The molecule has 0 spiro atoms. The monoisotopic (exact) mass is 197 g/mol. The number of ketones is 1. The number of aliphatic carboxylic acids is 1. The van der Waals surface area contributed by atoms with Crippen molar-refractivity contribution >= 4 is 11.8 Å². The Kier molecular flexibility index (Phi) is 5.29. The van der Waals surface area contributed by atoms with Gasteiger partial charge in [0, 0.05) is 0 Å². The number of carboxylic acids is 1. The Morgan fingerprint density at radius 1 is 1.36 bits per heavy atom.